The molecule has 0 bridgehead atoms. The van der Waals surface area contributed by atoms with Gasteiger partial charge in [-0.15, -0.1) is 0 Å². The first kappa shape index (κ1) is 16.3. The standard InChI is InChI=1S/C20H25N3O2/c1-13-5-2-3-6-16(13)19(14-9-10-14)21-17(24)7-4-8-18-22-20(23-25-18)15-11-12-15/h2-3,5-6,14-15,19H,4,7-12H2,1H3,(H,21,24). The largest absolute Gasteiger partial charge is 0.349 e. The second-order valence-corrected chi connectivity index (χ2v) is 7.41. The van der Waals surface area contributed by atoms with Crippen molar-refractivity contribution in [3.63, 3.8) is 0 Å². The second-order valence-electron chi connectivity index (χ2n) is 7.41. The zero-order chi connectivity index (χ0) is 17.2. The Morgan fingerprint density at radius 2 is 2.08 bits per heavy atom. The molecule has 2 aliphatic rings. The van der Waals surface area contributed by atoms with Gasteiger partial charge in [0, 0.05) is 18.8 Å². The Kier molecular flexibility index (Phi) is 4.55. The van der Waals surface area contributed by atoms with Crippen molar-refractivity contribution in [3.05, 3.63) is 47.1 Å². The molecule has 2 aromatic rings. The number of carbonyl (C=O) groups excluding carboxylic acids is 1. The minimum absolute atomic E-state index is 0.113. The van der Waals surface area contributed by atoms with Gasteiger partial charge in [-0.3, -0.25) is 4.79 Å². The van der Waals surface area contributed by atoms with Gasteiger partial charge in [-0.05, 0) is 56.1 Å². The summed E-state index contributed by atoms with van der Waals surface area (Å²) in [5.41, 5.74) is 2.50. The summed E-state index contributed by atoms with van der Waals surface area (Å²) < 4.78 is 5.27. The molecule has 1 aromatic carbocycles. The summed E-state index contributed by atoms with van der Waals surface area (Å²) in [6.45, 7) is 2.11. The molecule has 1 aromatic heterocycles. The number of aryl methyl sites for hydroxylation is 2. The number of amides is 1. The minimum atomic E-state index is 0.113. The van der Waals surface area contributed by atoms with Crippen LogP contribution >= 0.6 is 0 Å². The molecule has 0 aliphatic heterocycles. The van der Waals surface area contributed by atoms with E-state index in [1.54, 1.807) is 0 Å². The smallest absolute Gasteiger partial charge is 0.226 e. The Bertz CT molecular complexity index is 747. The highest BCUT2D eigenvalue weighted by Gasteiger charge is 2.34. The van der Waals surface area contributed by atoms with Gasteiger partial charge in [0.15, 0.2) is 5.82 Å². The normalized spacial score (nSPS) is 18.1. The van der Waals surface area contributed by atoms with Crippen LogP contribution in [0.25, 0.3) is 0 Å². The second kappa shape index (κ2) is 6.98. The van der Waals surface area contributed by atoms with Crippen LogP contribution in [0.1, 0.15) is 73.3 Å². The van der Waals surface area contributed by atoms with E-state index in [-0.39, 0.29) is 11.9 Å². The summed E-state index contributed by atoms with van der Waals surface area (Å²) in [7, 11) is 0. The molecular weight excluding hydrogens is 314 g/mol. The molecular formula is C20H25N3O2. The Balaban J connectivity index is 1.29. The van der Waals surface area contributed by atoms with Gasteiger partial charge in [0.1, 0.15) is 0 Å². The Hall–Kier alpha value is -2.17. The number of hydrogen-bond acceptors (Lipinski definition) is 4. The van der Waals surface area contributed by atoms with Gasteiger partial charge in [0.05, 0.1) is 6.04 Å². The van der Waals surface area contributed by atoms with Crippen molar-refractivity contribution in [2.24, 2.45) is 5.92 Å². The molecule has 4 rings (SSSR count). The lowest BCUT2D eigenvalue weighted by molar-refractivity contribution is -0.122. The van der Waals surface area contributed by atoms with Crippen molar-refractivity contribution >= 4 is 5.91 Å². The molecule has 0 saturated heterocycles. The van der Waals surface area contributed by atoms with Crippen molar-refractivity contribution in [3.8, 4) is 0 Å². The van der Waals surface area contributed by atoms with Crippen molar-refractivity contribution in [1.82, 2.24) is 15.5 Å². The molecule has 2 saturated carbocycles. The highest BCUT2D eigenvalue weighted by molar-refractivity contribution is 5.76. The predicted octanol–water partition coefficient (Wildman–Crippen LogP) is 3.85. The molecule has 1 N–H and O–H groups in total. The lowest BCUT2D eigenvalue weighted by Gasteiger charge is -2.20. The van der Waals surface area contributed by atoms with E-state index < -0.39 is 0 Å². The predicted molar refractivity (Wildman–Crippen MR) is 94.0 cm³/mol. The lowest BCUT2D eigenvalue weighted by Crippen LogP contribution is -2.30. The molecule has 25 heavy (non-hydrogen) atoms. The Morgan fingerprint density at radius 3 is 2.80 bits per heavy atom. The number of nitrogens with one attached hydrogen (secondary N) is 1. The average molecular weight is 339 g/mol. The number of carbonyl (C=O) groups is 1. The summed E-state index contributed by atoms with van der Waals surface area (Å²) in [4.78, 5) is 16.8. The average Bonchev–Trinajstić information content (AvgIpc) is 3.53. The number of aromatic nitrogens is 2. The maximum absolute atomic E-state index is 12.4. The van der Waals surface area contributed by atoms with Crippen LogP contribution in [0.3, 0.4) is 0 Å². The van der Waals surface area contributed by atoms with Gasteiger partial charge in [-0.2, -0.15) is 4.98 Å². The van der Waals surface area contributed by atoms with Gasteiger partial charge in [0.2, 0.25) is 11.8 Å². The fourth-order valence-electron chi connectivity index (χ4n) is 3.34. The van der Waals surface area contributed by atoms with Gasteiger partial charge < -0.3 is 9.84 Å². The molecule has 2 aliphatic carbocycles. The monoisotopic (exact) mass is 339 g/mol. The van der Waals surface area contributed by atoms with E-state index in [0.717, 1.165) is 12.2 Å². The molecule has 0 spiro atoms. The third-order valence-electron chi connectivity index (χ3n) is 5.15. The van der Waals surface area contributed by atoms with Crippen molar-refractivity contribution in [2.45, 2.75) is 63.8 Å². The Morgan fingerprint density at radius 1 is 1.28 bits per heavy atom. The Labute approximate surface area is 148 Å². The van der Waals surface area contributed by atoms with Crippen molar-refractivity contribution < 1.29 is 9.32 Å². The quantitative estimate of drug-likeness (QED) is 0.793. The zero-order valence-corrected chi connectivity index (χ0v) is 14.7. The molecule has 1 heterocycles. The fourth-order valence-corrected chi connectivity index (χ4v) is 3.34. The van der Waals surface area contributed by atoms with Crippen LogP contribution < -0.4 is 5.32 Å². The van der Waals surface area contributed by atoms with Crippen LogP contribution in [0.2, 0.25) is 0 Å². The molecule has 1 amide bonds. The van der Waals surface area contributed by atoms with E-state index in [9.17, 15) is 4.79 Å². The summed E-state index contributed by atoms with van der Waals surface area (Å²) in [6.07, 6.45) is 6.65. The van der Waals surface area contributed by atoms with Crippen LogP contribution in [0.5, 0.6) is 0 Å². The number of hydrogen-bond donors (Lipinski definition) is 1. The van der Waals surface area contributed by atoms with Crippen molar-refractivity contribution in [1.29, 1.82) is 0 Å². The lowest BCUT2D eigenvalue weighted by atomic mass is 9.97. The molecule has 132 valence electrons. The number of rotatable bonds is 8. The maximum Gasteiger partial charge on any atom is 0.226 e. The van der Waals surface area contributed by atoms with E-state index in [1.807, 2.05) is 6.07 Å². The first-order valence-electron chi connectivity index (χ1n) is 9.38. The fraction of sp³-hybridized carbons (Fsp3) is 0.550. The number of benzene rings is 1. The van der Waals surface area contributed by atoms with Gasteiger partial charge in [0.25, 0.3) is 0 Å². The molecule has 0 radical (unpaired) electrons. The number of nitrogens with zero attached hydrogens (tertiary/aromatic N) is 2. The van der Waals surface area contributed by atoms with Gasteiger partial charge >= 0.3 is 0 Å². The summed E-state index contributed by atoms with van der Waals surface area (Å²) >= 11 is 0. The van der Waals surface area contributed by atoms with E-state index in [2.05, 4.69) is 40.6 Å². The van der Waals surface area contributed by atoms with Crippen LogP contribution in [-0.4, -0.2) is 16.0 Å². The highest BCUT2D eigenvalue weighted by Crippen LogP contribution is 2.42. The molecule has 5 nitrogen and oxygen atoms in total. The van der Waals surface area contributed by atoms with Crippen LogP contribution in [-0.2, 0) is 11.2 Å². The highest BCUT2D eigenvalue weighted by atomic mass is 16.5. The topological polar surface area (TPSA) is 68.0 Å². The van der Waals surface area contributed by atoms with E-state index in [0.29, 0.717) is 30.6 Å². The molecule has 1 unspecified atom stereocenters. The first-order valence-corrected chi connectivity index (χ1v) is 9.38. The summed E-state index contributed by atoms with van der Waals surface area (Å²) in [5, 5.41) is 7.27. The van der Waals surface area contributed by atoms with Crippen LogP contribution in [0.4, 0.5) is 0 Å². The molecule has 2 fully saturated rings. The van der Waals surface area contributed by atoms with E-state index >= 15 is 0 Å². The molecule has 1 atom stereocenters. The molecule has 5 heteroatoms. The van der Waals surface area contributed by atoms with Gasteiger partial charge in [-0.25, -0.2) is 0 Å². The SMILES string of the molecule is Cc1ccccc1C(NC(=O)CCCc1nc(C2CC2)no1)C1CC1. The van der Waals surface area contributed by atoms with E-state index in [1.165, 1.54) is 36.8 Å². The van der Waals surface area contributed by atoms with Crippen LogP contribution in [0.15, 0.2) is 28.8 Å². The summed E-state index contributed by atoms with van der Waals surface area (Å²) in [5.74, 6) is 2.71. The third-order valence-corrected chi connectivity index (χ3v) is 5.15. The first-order chi connectivity index (χ1) is 12.2. The third kappa shape index (κ3) is 4.09. The minimum Gasteiger partial charge on any atom is -0.349 e. The zero-order valence-electron chi connectivity index (χ0n) is 14.7. The van der Waals surface area contributed by atoms with Gasteiger partial charge in [-0.1, -0.05) is 29.4 Å². The van der Waals surface area contributed by atoms with Crippen molar-refractivity contribution in [2.75, 3.05) is 0 Å². The van der Waals surface area contributed by atoms with Crippen LogP contribution in [0, 0.1) is 12.8 Å². The van der Waals surface area contributed by atoms with E-state index in [4.69, 9.17) is 4.52 Å². The maximum atomic E-state index is 12.4. The summed E-state index contributed by atoms with van der Waals surface area (Å²) in [6, 6.07) is 8.50.